The van der Waals surface area contributed by atoms with Gasteiger partial charge in [-0.05, 0) is 44.4 Å². The minimum absolute atomic E-state index is 0.0862. The van der Waals surface area contributed by atoms with E-state index in [1.54, 1.807) is 19.3 Å². The number of ketones is 1. The van der Waals surface area contributed by atoms with Gasteiger partial charge in [0.15, 0.2) is 10.9 Å². The molecule has 8 heteroatoms. The van der Waals surface area contributed by atoms with Gasteiger partial charge < -0.3 is 14.2 Å². The van der Waals surface area contributed by atoms with Gasteiger partial charge in [0.25, 0.3) is 0 Å². The van der Waals surface area contributed by atoms with Crippen LogP contribution in [0.25, 0.3) is 21.9 Å². The molecule has 154 valence electrons. The zero-order valence-electron chi connectivity index (χ0n) is 17.0. The highest BCUT2D eigenvalue weighted by Crippen LogP contribution is 2.29. The number of furan rings is 1. The number of Topliss-reactive ketones (excluding diaryl/α,β-unsaturated/α-hetero) is 1. The van der Waals surface area contributed by atoms with Gasteiger partial charge in [-0.3, -0.25) is 9.59 Å². The lowest BCUT2D eigenvalue weighted by atomic mass is 10.0. The quantitative estimate of drug-likeness (QED) is 0.368. The number of nitrogens with one attached hydrogen (secondary N) is 1. The second kappa shape index (κ2) is 7.53. The minimum Gasteiger partial charge on any atom is -0.464 e. The molecule has 30 heavy (non-hydrogen) atoms. The number of rotatable bonds is 5. The van der Waals surface area contributed by atoms with Gasteiger partial charge in [-0.1, -0.05) is 11.3 Å². The zero-order valence-corrected chi connectivity index (χ0v) is 17.9. The van der Waals surface area contributed by atoms with E-state index in [1.807, 2.05) is 19.9 Å². The van der Waals surface area contributed by atoms with Gasteiger partial charge in [0, 0.05) is 35.7 Å². The molecule has 0 unspecified atom stereocenters. The van der Waals surface area contributed by atoms with Crippen molar-refractivity contribution in [2.45, 2.75) is 40.5 Å². The summed E-state index contributed by atoms with van der Waals surface area (Å²) in [4.78, 5) is 41.2. The third kappa shape index (κ3) is 3.54. The monoisotopic (exact) mass is 424 g/mol. The first kappa shape index (κ1) is 20.0. The van der Waals surface area contributed by atoms with E-state index in [0.717, 1.165) is 33.2 Å². The van der Waals surface area contributed by atoms with Gasteiger partial charge in [0.05, 0.1) is 16.8 Å². The summed E-state index contributed by atoms with van der Waals surface area (Å²) < 4.78 is 11.0. The smallest absolute Gasteiger partial charge is 0.339 e. The van der Waals surface area contributed by atoms with Gasteiger partial charge in [0.2, 0.25) is 5.91 Å². The second-order valence-electron chi connectivity index (χ2n) is 7.29. The molecule has 0 saturated carbocycles. The van der Waals surface area contributed by atoms with E-state index < -0.39 is 5.63 Å². The fourth-order valence-electron chi connectivity index (χ4n) is 3.52. The van der Waals surface area contributed by atoms with Crippen LogP contribution in [0.5, 0.6) is 0 Å². The maximum Gasteiger partial charge on any atom is 0.339 e. The van der Waals surface area contributed by atoms with Crippen molar-refractivity contribution in [3.63, 3.8) is 0 Å². The first-order valence-electron chi connectivity index (χ1n) is 9.47. The zero-order chi connectivity index (χ0) is 21.6. The van der Waals surface area contributed by atoms with Crippen molar-refractivity contribution in [2.75, 3.05) is 5.32 Å². The first-order valence-corrected chi connectivity index (χ1v) is 10.3. The largest absolute Gasteiger partial charge is 0.464 e. The standard InChI is InChI=1S/C22H20N2O5S/c1-10-9-28-17-8-18-16(7-15(10)17)11(2)14(21(27)29-18)5-6-19(26)24-22-23-12(3)20(30-22)13(4)25/h7-9H,5-6H2,1-4H3,(H,23,24,26). The molecule has 0 atom stereocenters. The van der Waals surface area contributed by atoms with Crippen LogP contribution in [0.1, 0.15) is 45.4 Å². The Morgan fingerprint density at radius 3 is 2.60 bits per heavy atom. The molecule has 0 radical (unpaired) electrons. The number of amides is 1. The number of fused-ring (bicyclic) bond motifs is 2. The van der Waals surface area contributed by atoms with Crippen molar-refractivity contribution >= 4 is 50.1 Å². The average Bonchev–Trinajstić information content (AvgIpc) is 3.22. The van der Waals surface area contributed by atoms with Gasteiger partial charge >= 0.3 is 5.63 Å². The number of benzene rings is 1. The van der Waals surface area contributed by atoms with Gasteiger partial charge in [0.1, 0.15) is 11.2 Å². The molecule has 1 aromatic carbocycles. The molecule has 0 aliphatic heterocycles. The molecular weight excluding hydrogens is 404 g/mol. The summed E-state index contributed by atoms with van der Waals surface area (Å²) in [6.45, 7) is 7.00. The molecule has 7 nitrogen and oxygen atoms in total. The Morgan fingerprint density at radius 1 is 1.13 bits per heavy atom. The minimum atomic E-state index is -0.459. The van der Waals surface area contributed by atoms with Crippen LogP contribution in [0.3, 0.4) is 0 Å². The molecular formula is C22H20N2O5S. The van der Waals surface area contributed by atoms with Crippen molar-refractivity contribution in [3.8, 4) is 0 Å². The Labute approximate surface area is 175 Å². The van der Waals surface area contributed by atoms with Crippen LogP contribution >= 0.6 is 11.3 Å². The normalized spacial score (nSPS) is 11.3. The number of carbonyl (C=O) groups is 2. The molecule has 4 rings (SSSR count). The molecule has 0 aliphatic carbocycles. The number of aryl methyl sites for hydroxylation is 3. The SMILES string of the molecule is CC(=O)c1sc(NC(=O)CCc2c(C)c3cc4c(C)coc4cc3oc2=O)nc1C. The van der Waals surface area contributed by atoms with Crippen molar-refractivity contribution in [3.05, 3.63) is 56.1 Å². The van der Waals surface area contributed by atoms with Crippen LogP contribution in [-0.2, 0) is 11.2 Å². The maximum absolute atomic E-state index is 12.5. The van der Waals surface area contributed by atoms with Crippen molar-refractivity contribution in [1.82, 2.24) is 4.98 Å². The van der Waals surface area contributed by atoms with E-state index in [4.69, 9.17) is 8.83 Å². The van der Waals surface area contributed by atoms with Crippen molar-refractivity contribution in [2.24, 2.45) is 0 Å². The molecule has 0 spiro atoms. The molecule has 0 aliphatic rings. The maximum atomic E-state index is 12.5. The summed E-state index contributed by atoms with van der Waals surface area (Å²) in [6.07, 6.45) is 2.00. The summed E-state index contributed by atoms with van der Waals surface area (Å²) in [5.74, 6) is -0.365. The first-order chi connectivity index (χ1) is 14.2. The Hall–Kier alpha value is -3.26. The second-order valence-corrected chi connectivity index (χ2v) is 8.29. The predicted molar refractivity (Wildman–Crippen MR) is 116 cm³/mol. The molecule has 3 aromatic heterocycles. The highest BCUT2D eigenvalue weighted by molar-refractivity contribution is 7.17. The summed E-state index contributed by atoms with van der Waals surface area (Å²) in [5, 5.41) is 4.87. The highest BCUT2D eigenvalue weighted by atomic mass is 32.1. The summed E-state index contributed by atoms with van der Waals surface area (Å²) in [7, 11) is 0. The van der Waals surface area contributed by atoms with Crippen molar-refractivity contribution < 1.29 is 18.4 Å². The molecule has 1 N–H and O–H groups in total. The van der Waals surface area contributed by atoms with Gasteiger partial charge in [-0.2, -0.15) is 0 Å². The number of hydrogen-bond donors (Lipinski definition) is 1. The van der Waals surface area contributed by atoms with Crippen molar-refractivity contribution in [1.29, 1.82) is 0 Å². The number of nitrogens with zero attached hydrogens (tertiary/aromatic N) is 1. The molecule has 0 bridgehead atoms. The Bertz CT molecular complexity index is 1380. The lowest BCUT2D eigenvalue weighted by Crippen LogP contribution is -2.16. The molecule has 0 fully saturated rings. The van der Waals surface area contributed by atoms with Crippen LogP contribution in [0.15, 0.2) is 32.0 Å². The number of anilines is 1. The fraction of sp³-hybridized carbons (Fsp3) is 0.273. The lowest BCUT2D eigenvalue weighted by Gasteiger charge is -2.08. The van der Waals surface area contributed by atoms with E-state index >= 15 is 0 Å². The molecule has 4 aromatic rings. The number of thiazole rings is 1. The average molecular weight is 424 g/mol. The number of aromatic nitrogens is 1. The Balaban J connectivity index is 1.57. The topological polar surface area (TPSA) is 102 Å². The van der Waals surface area contributed by atoms with Crippen LogP contribution in [0.4, 0.5) is 5.13 Å². The summed E-state index contributed by atoms with van der Waals surface area (Å²) >= 11 is 1.15. The van der Waals surface area contributed by atoms with Crippen LogP contribution in [0.2, 0.25) is 0 Å². The van der Waals surface area contributed by atoms with Gasteiger partial charge in [-0.25, -0.2) is 9.78 Å². The summed E-state index contributed by atoms with van der Waals surface area (Å²) in [6, 6.07) is 3.67. The van der Waals surface area contributed by atoms with E-state index in [-0.39, 0.29) is 24.5 Å². The molecule has 1 amide bonds. The summed E-state index contributed by atoms with van der Waals surface area (Å²) in [5.41, 5.74) is 3.52. The van der Waals surface area contributed by atoms with E-state index in [0.29, 0.717) is 32.4 Å². The van der Waals surface area contributed by atoms with Crippen LogP contribution < -0.4 is 10.9 Å². The third-order valence-electron chi connectivity index (χ3n) is 5.14. The third-order valence-corrected chi connectivity index (χ3v) is 6.31. The van der Waals surface area contributed by atoms with E-state index in [2.05, 4.69) is 10.3 Å². The molecule has 3 heterocycles. The number of hydrogen-bond acceptors (Lipinski definition) is 7. The highest BCUT2D eigenvalue weighted by Gasteiger charge is 2.17. The molecule has 0 saturated heterocycles. The van der Waals surface area contributed by atoms with E-state index in [9.17, 15) is 14.4 Å². The van der Waals surface area contributed by atoms with Crippen LogP contribution in [-0.4, -0.2) is 16.7 Å². The van der Waals surface area contributed by atoms with E-state index in [1.165, 1.54) is 6.92 Å². The van der Waals surface area contributed by atoms with Gasteiger partial charge in [-0.15, -0.1) is 0 Å². The van der Waals surface area contributed by atoms with Crippen LogP contribution in [0, 0.1) is 20.8 Å². The fourth-order valence-corrected chi connectivity index (χ4v) is 4.40. The lowest BCUT2D eigenvalue weighted by molar-refractivity contribution is -0.116. The Morgan fingerprint density at radius 2 is 1.90 bits per heavy atom. The predicted octanol–water partition coefficient (Wildman–Crippen LogP) is 4.69. The Kier molecular flexibility index (Phi) is 5.03. The number of carbonyl (C=O) groups excluding carboxylic acids is 2.